The van der Waals surface area contributed by atoms with Crippen LogP contribution >= 0.6 is 0 Å². The van der Waals surface area contributed by atoms with Gasteiger partial charge in [-0.2, -0.15) is 0 Å². The number of methoxy groups -OCH3 is 2. The van der Waals surface area contributed by atoms with Crippen LogP contribution in [0.3, 0.4) is 0 Å². The molecule has 0 saturated carbocycles. The Balaban J connectivity index is 1.63. The molecule has 10 heteroatoms. The summed E-state index contributed by atoms with van der Waals surface area (Å²) in [5, 5.41) is 2.65. The molecule has 172 valence electrons. The molecule has 7 nitrogen and oxygen atoms in total. The summed E-state index contributed by atoms with van der Waals surface area (Å²) in [7, 11) is -1.07. The molecular weight excluding hydrogens is 454 g/mol. The van der Waals surface area contributed by atoms with Gasteiger partial charge in [-0.25, -0.2) is 17.2 Å². The Morgan fingerprint density at radius 1 is 0.848 bits per heavy atom. The highest BCUT2D eigenvalue weighted by Gasteiger charge is 2.16. The van der Waals surface area contributed by atoms with Crippen LogP contribution in [0.25, 0.3) is 6.08 Å². The van der Waals surface area contributed by atoms with E-state index in [0.717, 1.165) is 17.7 Å². The molecule has 3 aromatic rings. The first-order valence-corrected chi connectivity index (χ1v) is 11.0. The highest BCUT2D eigenvalue weighted by atomic mass is 32.2. The van der Waals surface area contributed by atoms with Crippen LogP contribution in [0, 0.1) is 11.6 Å². The van der Waals surface area contributed by atoms with E-state index in [-0.39, 0.29) is 5.69 Å². The first-order valence-electron chi connectivity index (χ1n) is 9.51. The number of benzene rings is 3. The van der Waals surface area contributed by atoms with Gasteiger partial charge in [-0.1, -0.05) is 6.07 Å². The minimum atomic E-state index is -4.11. The highest BCUT2D eigenvalue weighted by Crippen LogP contribution is 2.28. The Morgan fingerprint density at radius 2 is 1.52 bits per heavy atom. The van der Waals surface area contributed by atoms with Crippen molar-refractivity contribution in [3.63, 3.8) is 0 Å². The van der Waals surface area contributed by atoms with Crippen LogP contribution in [-0.4, -0.2) is 28.5 Å². The van der Waals surface area contributed by atoms with E-state index in [2.05, 4.69) is 10.0 Å². The van der Waals surface area contributed by atoms with Crippen LogP contribution in [-0.2, 0) is 14.8 Å². The van der Waals surface area contributed by atoms with Crippen molar-refractivity contribution in [1.82, 2.24) is 0 Å². The lowest BCUT2D eigenvalue weighted by Gasteiger charge is -2.09. The van der Waals surface area contributed by atoms with E-state index in [9.17, 15) is 22.0 Å². The molecule has 3 aromatic carbocycles. The van der Waals surface area contributed by atoms with E-state index in [1.54, 1.807) is 24.3 Å². The molecule has 0 heterocycles. The number of carbonyl (C=O) groups is 1. The first kappa shape index (κ1) is 23.7. The molecule has 0 aliphatic rings. The number of nitrogens with one attached hydrogen (secondary N) is 2. The second-order valence-electron chi connectivity index (χ2n) is 6.70. The molecule has 0 aromatic heterocycles. The van der Waals surface area contributed by atoms with Gasteiger partial charge < -0.3 is 14.8 Å². The zero-order valence-corrected chi connectivity index (χ0v) is 18.5. The highest BCUT2D eigenvalue weighted by molar-refractivity contribution is 7.92. The molecule has 0 spiro atoms. The average molecular weight is 474 g/mol. The minimum absolute atomic E-state index is 0.179. The Morgan fingerprint density at radius 3 is 2.15 bits per heavy atom. The maximum absolute atomic E-state index is 13.3. The van der Waals surface area contributed by atoms with Gasteiger partial charge in [0.25, 0.3) is 10.0 Å². The van der Waals surface area contributed by atoms with Gasteiger partial charge in [0.1, 0.15) is 0 Å². The van der Waals surface area contributed by atoms with Crippen molar-refractivity contribution in [2.45, 2.75) is 4.90 Å². The zero-order chi connectivity index (χ0) is 24.0. The summed E-state index contributed by atoms with van der Waals surface area (Å²) in [6.07, 6.45) is 2.93. The van der Waals surface area contributed by atoms with Gasteiger partial charge >= 0.3 is 0 Å². The third-order valence-corrected chi connectivity index (χ3v) is 5.82. The summed E-state index contributed by atoms with van der Waals surface area (Å²) in [4.78, 5) is 11.8. The number of rotatable bonds is 8. The van der Waals surface area contributed by atoms with Crippen molar-refractivity contribution in [2.75, 3.05) is 24.3 Å². The number of carbonyl (C=O) groups excluding carboxylic acids is 1. The molecule has 0 aliphatic heterocycles. The van der Waals surface area contributed by atoms with Crippen LogP contribution in [0.15, 0.2) is 71.6 Å². The van der Waals surface area contributed by atoms with E-state index in [1.807, 2.05) is 0 Å². The van der Waals surface area contributed by atoms with Crippen molar-refractivity contribution >= 4 is 33.4 Å². The van der Waals surface area contributed by atoms with E-state index in [0.29, 0.717) is 23.3 Å². The predicted molar refractivity (Wildman–Crippen MR) is 121 cm³/mol. The van der Waals surface area contributed by atoms with Crippen molar-refractivity contribution in [3.05, 3.63) is 83.9 Å². The SMILES string of the molecule is COc1ccc(C=CC(=O)Nc2ccc(NS(=O)(=O)c3ccc(F)c(F)c3)cc2)cc1OC. The third-order valence-electron chi connectivity index (χ3n) is 4.44. The number of anilines is 2. The molecule has 0 unspecified atom stereocenters. The lowest BCUT2D eigenvalue weighted by atomic mass is 10.2. The maximum Gasteiger partial charge on any atom is 0.261 e. The van der Waals surface area contributed by atoms with Crippen LogP contribution in [0.1, 0.15) is 5.56 Å². The molecule has 1 amide bonds. The quantitative estimate of drug-likeness (QED) is 0.471. The average Bonchev–Trinajstić information content (AvgIpc) is 2.80. The fraction of sp³-hybridized carbons (Fsp3) is 0.0870. The number of hydrogen-bond donors (Lipinski definition) is 2. The third kappa shape index (κ3) is 6.07. The van der Waals surface area contributed by atoms with Gasteiger partial charge in [0, 0.05) is 17.5 Å². The molecule has 0 aliphatic carbocycles. The largest absolute Gasteiger partial charge is 0.493 e. The Labute approximate surface area is 189 Å². The molecule has 0 bridgehead atoms. The molecule has 2 N–H and O–H groups in total. The van der Waals surface area contributed by atoms with Gasteiger partial charge in [0.2, 0.25) is 5.91 Å². The van der Waals surface area contributed by atoms with Crippen molar-refractivity contribution in [2.24, 2.45) is 0 Å². The molecule has 0 atom stereocenters. The molecule has 0 saturated heterocycles. The van der Waals surface area contributed by atoms with Gasteiger partial charge in [0.15, 0.2) is 23.1 Å². The lowest BCUT2D eigenvalue weighted by Crippen LogP contribution is -2.13. The van der Waals surface area contributed by atoms with E-state index < -0.39 is 32.5 Å². The molecular formula is C23H20F2N2O5S. The van der Waals surface area contributed by atoms with Gasteiger partial charge in [-0.05, 0) is 66.2 Å². The van der Waals surface area contributed by atoms with Crippen LogP contribution in [0.2, 0.25) is 0 Å². The lowest BCUT2D eigenvalue weighted by molar-refractivity contribution is -0.111. The minimum Gasteiger partial charge on any atom is -0.493 e. The molecule has 3 rings (SSSR count). The topological polar surface area (TPSA) is 93.7 Å². The van der Waals surface area contributed by atoms with E-state index in [1.165, 1.54) is 44.6 Å². The summed E-state index contributed by atoms with van der Waals surface area (Å²) >= 11 is 0. The van der Waals surface area contributed by atoms with Crippen LogP contribution in [0.4, 0.5) is 20.2 Å². The van der Waals surface area contributed by atoms with Crippen LogP contribution in [0.5, 0.6) is 11.5 Å². The van der Waals surface area contributed by atoms with Gasteiger partial charge in [-0.15, -0.1) is 0 Å². The number of hydrogen-bond acceptors (Lipinski definition) is 5. The summed E-state index contributed by atoms with van der Waals surface area (Å²) < 4.78 is 63.7. The molecule has 0 radical (unpaired) electrons. The summed E-state index contributed by atoms with van der Waals surface area (Å²) in [6.45, 7) is 0. The number of halogens is 2. The normalized spacial score (nSPS) is 11.3. The number of sulfonamides is 1. The first-order chi connectivity index (χ1) is 15.7. The Kier molecular flexibility index (Phi) is 7.29. The van der Waals surface area contributed by atoms with E-state index in [4.69, 9.17) is 9.47 Å². The smallest absolute Gasteiger partial charge is 0.261 e. The standard InChI is InChI=1S/C23H20F2N2O5S/c1-31-21-11-3-15(13-22(21)32-2)4-12-23(28)26-16-5-7-17(8-6-16)27-33(29,30)18-9-10-19(24)20(25)14-18/h3-14,27H,1-2H3,(H,26,28). The number of ether oxygens (including phenoxy) is 2. The Bertz CT molecular complexity index is 1290. The Hall–Kier alpha value is -3.92. The molecule has 0 fully saturated rings. The fourth-order valence-electron chi connectivity index (χ4n) is 2.79. The second kappa shape index (κ2) is 10.1. The maximum atomic E-state index is 13.3. The number of amides is 1. The van der Waals surface area contributed by atoms with Crippen molar-refractivity contribution in [3.8, 4) is 11.5 Å². The van der Waals surface area contributed by atoms with Crippen molar-refractivity contribution < 1.29 is 31.5 Å². The van der Waals surface area contributed by atoms with Crippen molar-refractivity contribution in [1.29, 1.82) is 0 Å². The van der Waals surface area contributed by atoms with Gasteiger partial charge in [-0.3, -0.25) is 9.52 Å². The predicted octanol–water partition coefficient (Wildman–Crippen LogP) is 4.43. The van der Waals surface area contributed by atoms with E-state index >= 15 is 0 Å². The summed E-state index contributed by atoms with van der Waals surface area (Å²) in [6, 6.07) is 13.3. The molecule has 33 heavy (non-hydrogen) atoms. The fourth-order valence-corrected chi connectivity index (χ4v) is 3.86. The monoisotopic (exact) mass is 474 g/mol. The zero-order valence-electron chi connectivity index (χ0n) is 17.6. The van der Waals surface area contributed by atoms with Crippen LogP contribution < -0.4 is 19.5 Å². The second-order valence-corrected chi connectivity index (χ2v) is 8.38. The summed E-state index contributed by atoms with van der Waals surface area (Å²) in [5.41, 5.74) is 1.33. The summed E-state index contributed by atoms with van der Waals surface area (Å²) in [5.74, 6) is -1.72. The van der Waals surface area contributed by atoms with Gasteiger partial charge in [0.05, 0.1) is 19.1 Å².